The molecule has 88 valence electrons. The average molecular weight is 255 g/mol. The molecule has 0 aliphatic rings. The highest BCUT2D eigenvalue weighted by Crippen LogP contribution is 2.16. The van der Waals surface area contributed by atoms with Gasteiger partial charge in [-0.05, 0) is 24.3 Å². The van der Waals surface area contributed by atoms with Crippen LogP contribution in [0.4, 0.5) is 4.39 Å². The standard InChI is InChI=1S/C12H8ClFO3/c13-9-1-2-10(11(14)5-9)12(15)17-7-8-3-4-16-6-8/h1-6H,7H2. The predicted molar refractivity (Wildman–Crippen MR) is 59.2 cm³/mol. The van der Waals surface area contributed by atoms with E-state index >= 15 is 0 Å². The minimum atomic E-state index is -0.736. The van der Waals surface area contributed by atoms with Crippen molar-refractivity contribution in [3.8, 4) is 0 Å². The first-order chi connectivity index (χ1) is 8.16. The van der Waals surface area contributed by atoms with Crippen molar-refractivity contribution in [2.45, 2.75) is 6.61 Å². The van der Waals surface area contributed by atoms with Crippen molar-refractivity contribution in [1.82, 2.24) is 0 Å². The second kappa shape index (κ2) is 5.01. The van der Waals surface area contributed by atoms with Crippen LogP contribution in [0.15, 0.2) is 41.2 Å². The smallest absolute Gasteiger partial charge is 0.341 e. The summed E-state index contributed by atoms with van der Waals surface area (Å²) in [4.78, 5) is 11.5. The van der Waals surface area contributed by atoms with Crippen molar-refractivity contribution in [1.29, 1.82) is 0 Å². The fraction of sp³-hybridized carbons (Fsp3) is 0.0833. The number of hydrogen-bond donors (Lipinski definition) is 0. The molecule has 0 unspecified atom stereocenters. The van der Waals surface area contributed by atoms with E-state index < -0.39 is 11.8 Å². The van der Waals surface area contributed by atoms with E-state index in [1.165, 1.54) is 24.7 Å². The number of hydrogen-bond acceptors (Lipinski definition) is 3. The van der Waals surface area contributed by atoms with Gasteiger partial charge in [0.15, 0.2) is 0 Å². The molecule has 1 aromatic heterocycles. The average Bonchev–Trinajstić information content (AvgIpc) is 2.78. The lowest BCUT2D eigenvalue weighted by molar-refractivity contribution is 0.0467. The Hall–Kier alpha value is -1.81. The summed E-state index contributed by atoms with van der Waals surface area (Å²) in [6.45, 7) is 0.0391. The monoisotopic (exact) mass is 254 g/mol. The summed E-state index contributed by atoms with van der Waals surface area (Å²) >= 11 is 5.58. The van der Waals surface area contributed by atoms with E-state index in [-0.39, 0.29) is 17.2 Å². The molecule has 17 heavy (non-hydrogen) atoms. The Bertz CT molecular complexity index is 523. The number of ether oxygens (including phenoxy) is 1. The van der Waals surface area contributed by atoms with Gasteiger partial charge in [0.25, 0.3) is 0 Å². The maximum Gasteiger partial charge on any atom is 0.341 e. The summed E-state index contributed by atoms with van der Waals surface area (Å²) in [6, 6.07) is 5.44. The number of benzene rings is 1. The van der Waals surface area contributed by atoms with E-state index in [2.05, 4.69) is 0 Å². The zero-order valence-electron chi connectivity index (χ0n) is 8.65. The number of esters is 1. The van der Waals surface area contributed by atoms with Gasteiger partial charge in [0, 0.05) is 10.6 Å². The van der Waals surface area contributed by atoms with E-state index in [4.69, 9.17) is 20.8 Å². The van der Waals surface area contributed by atoms with Gasteiger partial charge in [0.1, 0.15) is 12.4 Å². The molecule has 0 aliphatic heterocycles. The van der Waals surface area contributed by atoms with Crippen LogP contribution in [-0.2, 0) is 11.3 Å². The number of carbonyl (C=O) groups is 1. The lowest BCUT2D eigenvalue weighted by Gasteiger charge is -2.04. The molecule has 0 amide bonds. The van der Waals surface area contributed by atoms with Crippen LogP contribution >= 0.6 is 11.6 Å². The van der Waals surface area contributed by atoms with E-state index in [1.807, 2.05) is 0 Å². The van der Waals surface area contributed by atoms with Crippen molar-refractivity contribution in [3.63, 3.8) is 0 Å². The topological polar surface area (TPSA) is 39.4 Å². The van der Waals surface area contributed by atoms with E-state index in [1.54, 1.807) is 6.07 Å². The highest BCUT2D eigenvalue weighted by Gasteiger charge is 2.13. The van der Waals surface area contributed by atoms with Gasteiger partial charge in [-0.25, -0.2) is 9.18 Å². The van der Waals surface area contributed by atoms with Crippen molar-refractivity contribution in [2.24, 2.45) is 0 Å². The quantitative estimate of drug-likeness (QED) is 0.788. The second-order valence-corrected chi connectivity index (χ2v) is 3.77. The van der Waals surface area contributed by atoms with Gasteiger partial charge in [0.05, 0.1) is 18.1 Å². The van der Waals surface area contributed by atoms with Gasteiger partial charge in [-0.1, -0.05) is 11.6 Å². The molecule has 3 nitrogen and oxygen atoms in total. The minimum absolute atomic E-state index is 0.0391. The third kappa shape index (κ3) is 2.85. The Morgan fingerprint density at radius 3 is 2.88 bits per heavy atom. The fourth-order valence-corrected chi connectivity index (χ4v) is 1.42. The van der Waals surface area contributed by atoms with Gasteiger partial charge >= 0.3 is 5.97 Å². The number of halogens is 2. The van der Waals surface area contributed by atoms with Crippen LogP contribution in [-0.4, -0.2) is 5.97 Å². The molecule has 0 atom stereocenters. The zero-order chi connectivity index (χ0) is 12.3. The predicted octanol–water partition coefficient (Wildman–Crippen LogP) is 3.43. The Labute approximate surface area is 102 Å². The van der Waals surface area contributed by atoms with E-state index in [9.17, 15) is 9.18 Å². The van der Waals surface area contributed by atoms with Crippen LogP contribution in [0.2, 0.25) is 5.02 Å². The molecule has 0 saturated carbocycles. The molecule has 0 spiro atoms. The van der Waals surface area contributed by atoms with Gasteiger partial charge in [0.2, 0.25) is 0 Å². The highest BCUT2D eigenvalue weighted by molar-refractivity contribution is 6.30. The second-order valence-electron chi connectivity index (χ2n) is 3.33. The third-order valence-corrected chi connectivity index (χ3v) is 2.34. The van der Waals surface area contributed by atoms with E-state index in [0.29, 0.717) is 5.56 Å². The summed E-state index contributed by atoms with van der Waals surface area (Å²) in [5.74, 6) is -1.44. The lowest BCUT2D eigenvalue weighted by atomic mass is 10.2. The Kier molecular flexibility index (Phi) is 3.44. The van der Waals surface area contributed by atoms with Crippen molar-refractivity contribution < 1.29 is 18.3 Å². The van der Waals surface area contributed by atoms with Crippen LogP contribution in [0.3, 0.4) is 0 Å². The summed E-state index contributed by atoms with van der Waals surface area (Å²) in [7, 11) is 0. The molecule has 5 heteroatoms. The number of furan rings is 1. The van der Waals surface area contributed by atoms with Crippen LogP contribution in [0.1, 0.15) is 15.9 Å². The number of rotatable bonds is 3. The van der Waals surface area contributed by atoms with Crippen molar-refractivity contribution in [2.75, 3.05) is 0 Å². The molecular weight excluding hydrogens is 247 g/mol. The van der Waals surface area contributed by atoms with Crippen LogP contribution in [0.5, 0.6) is 0 Å². The van der Waals surface area contributed by atoms with E-state index in [0.717, 1.165) is 6.07 Å². The molecular formula is C12H8ClFO3. The largest absolute Gasteiger partial charge is 0.472 e. The summed E-state index contributed by atoms with van der Waals surface area (Å²) < 4.78 is 23.1. The maximum absolute atomic E-state index is 13.4. The van der Waals surface area contributed by atoms with Crippen molar-refractivity contribution >= 4 is 17.6 Å². The summed E-state index contributed by atoms with van der Waals surface area (Å²) in [5.41, 5.74) is 0.561. The first-order valence-corrected chi connectivity index (χ1v) is 5.18. The molecule has 1 heterocycles. The van der Waals surface area contributed by atoms with Gasteiger partial charge in [-0.2, -0.15) is 0 Å². The first kappa shape index (κ1) is 11.7. The molecule has 2 rings (SSSR count). The first-order valence-electron chi connectivity index (χ1n) is 4.80. The normalized spacial score (nSPS) is 10.2. The SMILES string of the molecule is O=C(OCc1ccoc1)c1ccc(Cl)cc1F. The highest BCUT2D eigenvalue weighted by atomic mass is 35.5. The summed E-state index contributed by atoms with van der Waals surface area (Å²) in [5, 5.41) is 0.230. The molecule has 0 saturated heterocycles. The van der Waals surface area contributed by atoms with Crippen LogP contribution < -0.4 is 0 Å². The minimum Gasteiger partial charge on any atom is -0.472 e. The molecule has 0 N–H and O–H groups in total. The van der Waals surface area contributed by atoms with Gasteiger partial charge in [-0.3, -0.25) is 0 Å². The molecule has 0 fully saturated rings. The van der Waals surface area contributed by atoms with Crippen LogP contribution in [0.25, 0.3) is 0 Å². The lowest BCUT2D eigenvalue weighted by Crippen LogP contribution is -2.07. The van der Waals surface area contributed by atoms with Gasteiger partial charge in [-0.15, -0.1) is 0 Å². The van der Waals surface area contributed by atoms with Crippen LogP contribution in [0, 0.1) is 5.82 Å². The zero-order valence-corrected chi connectivity index (χ0v) is 9.41. The third-order valence-electron chi connectivity index (χ3n) is 2.10. The van der Waals surface area contributed by atoms with Gasteiger partial charge < -0.3 is 9.15 Å². The Balaban J connectivity index is 2.04. The molecule has 1 aromatic carbocycles. The Morgan fingerprint density at radius 2 is 2.24 bits per heavy atom. The maximum atomic E-state index is 13.4. The Morgan fingerprint density at radius 1 is 1.41 bits per heavy atom. The molecule has 0 bridgehead atoms. The summed E-state index contributed by atoms with van der Waals surface area (Å²) in [6.07, 6.45) is 2.91. The number of carbonyl (C=O) groups excluding carboxylic acids is 1. The molecule has 0 aliphatic carbocycles. The molecule has 2 aromatic rings. The fourth-order valence-electron chi connectivity index (χ4n) is 1.26. The molecule has 0 radical (unpaired) electrons. The van der Waals surface area contributed by atoms with Crippen molar-refractivity contribution in [3.05, 3.63) is 58.8 Å².